The molecule has 0 atom stereocenters. The summed E-state index contributed by atoms with van der Waals surface area (Å²) in [6, 6.07) is 67.4. The zero-order chi connectivity index (χ0) is 36.6. The highest BCUT2D eigenvalue weighted by Crippen LogP contribution is 2.40. The van der Waals surface area contributed by atoms with Gasteiger partial charge in [0, 0.05) is 44.8 Å². The number of aromatic nitrogens is 3. The second kappa shape index (κ2) is 13.8. The summed E-state index contributed by atoms with van der Waals surface area (Å²) in [5, 5.41) is 2.20. The number of pyridine rings is 1. The summed E-state index contributed by atoms with van der Waals surface area (Å²) in [5.74, 6) is 0.666. The third-order valence-corrected chi connectivity index (χ3v) is 10.1. The predicted molar refractivity (Wildman–Crippen MR) is 225 cm³/mol. The molecule has 0 radical (unpaired) electrons. The van der Waals surface area contributed by atoms with Crippen molar-refractivity contribution in [3.05, 3.63) is 200 Å². The van der Waals surface area contributed by atoms with Crippen LogP contribution in [0.2, 0.25) is 0 Å². The van der Waals surface area contributed by atoms with Crippen LogP contribution >= 0.6 is 0 Å². The Morgan fingerprint density at radius 1 is 0.327 bits per heavy atom. The van der Waals surface area contributed by atoms with Gasteiger partial charge in [-0.05, 0) is 76.3 Å². The molecule has 55 heavy (non-hydrogen) atoms. The molecule has 4 heteroatoms. The third kappa shape index (κ3) is 6.26. The van der Waals surface area contributed by atoms with Gasteiger partial charge in [-0.25, -0.2) is 9.97 Å². The fourth-order valence-electron chi connectivity index (χ4n) is 7.39. The van der Waals surface area contributed by atoms with Crippen LogP contribution in [0.4, 0.5) is 0 Å². The van der Waals surface area contributed by atoms with Crippen LogP contribution in [0, 0.1) is 0 Å². The molecular formula is C51H33N3O. The summed E-state index contributed by atoms with van der Waals surface area (Å²) < 4.78 is 6.57. The highest BCUT2D eigenvalue weighted by atomic mass is 16.3. The van der Waals surface area contributed by atoms with Crippen molar-refractivity contribution in [2.24, 2.45) is 0 Å². The van der Waals surface area contributed by atoms with Crippen molar-refractivity contribution in [2.45, 2.75) is 0 Å². The van der Waals surface area contributed by atoms with Crippen LogP contribution in [0.3, 0.4) is 0 Å². The molecule has 0 spiro atoms. The number of benzene rings is 7. The first-order chi connectivity index (χ1) is 27.2. The third-order valence-electron chi connectivity index (χ3n) is 10.1. The Morgan fingerprint density at radius 2 is 0.891 bits per heavy atom. The summed E-state index contributed by atoms with van der Waals surface area (Å²) in [6.45, 7) is 0. The van der Waals surface area contributed by atoms with Crippen molar-refractivity contribution in [2.75, 3.05) is 0 Å². The van der Waals surface area contributed by atoms with E-state index in [0.29, 0.717) is 5.82 Å². The number of nitrogens with zero attached hydrogens (tertiary/aromatic N) is 3. The predicted octanol–water partition coefficient (Wildman–Crippen LogP) is 13.4. The molecule has 7 aromatic carbocycles. The van der Waals surface area contributed by atoms with E-state index in [9.17, 15) is 0 Å². The van der Waals surface area contributed by atoms with Crippen LogP contribution < -0.4 is 0 Å². The van der Waals surface area contributed by atoms with Gasteiger partial charge in [0.15, 0.2) is 5.82 Å². The number of furan rings is 1. The van der Waals surface area contributed by atoms with Gasteiger partial charge in [0.25, 0.3) is 0 Å². The maximum atomic E-state index is 6.57. The van der Waals surface area contributed by atoms with E-state index >= 15 is 0 Å². The summed E-state index contributed by atoms with van der Waals surface area (Å²) >= 11 is 0. The molecule has 0 aliphatic heterocycles. The molecule has 0 saturated heterocycles. The molecule has 0 bridgehead atoms. The number of hydrogen-bond donors (Lipinski definition) is 0. The first-order valence-corrected chi connectivity index (χ1v) is 18.4. The fourth-order valence-corrected chi connectivity index (χ4v) is 7.39. The Bertz CT molecular complexity index is 2950. The SMILES string of the molecule is c1ccc(-c2cccc(-c3cc(-c4cc(-c5ccc(-c6ccccn6)cc5)nc(-c5ccccc5)n4)cc(-c4cccc5c4oc4ccccc45)c3)c2)cc1. The van der Waals surface area contributed by atoms with Gasteiger partial charge in [-0.1, -0.05) is 146 Å². The molecule has 0 aliphatic carbocycles. The van der Waals surface area contributed by atoms with E-state index in [-0.39, 0.29) is 0 Å². The average molecular weight is 704 g/mol. The molecule has 0 N–H and O–H groups in total. The van der Waals surface area contributed by atoms with Gasteiger partial charge in [0.2, 0.25) is 0 Å². The zero-order valence-electron chi connectivity index (χ0n) is 29.8. The van der Waals surface area contributed by atoms with E-state index < -0.39 is 0 Å². The normalized spacial score (nSPS) is 11.3. The van der Waals surface area contributed by atoms with Crippen LogP contribution in [0.5, 0.6) is 0 Å². The number of hydrogen-bond acceptors (Lipinski definition) is 4. The smallest absolute Gasteiger partial charge is 0.160 e. The standard InChI is InChI=1S/C51H33N3O/c1-3-13-34(14-4-1)38-17-11-18-39(29-38)40-30-41(43-20-12-21-45-44-19-7-8-23-49(44)55-50(43)45)32-42(31-40)48-33-47(53-51(54-48)37-15-5-2-6-16-37)36-26-24-35(25-27-36)46-22-9-10-28-52-46/h1-33H. The highest BCUT2D eigenvalue weighted by molar-refractivity contribution is 6.09. The molecular weight excluding hydrogens is 671 g/mol. The quantitative estimate of drug-likeness (QED) is 0.166. The van der Waals surface area contributed by atoms with Gasteiger partial charge in [-0.2, -0.15) is 0 Å². The largest absolute Gasteiger partial charge is 0.455 e. The minimum absolute atomic E-state index is 0.666. The summed E-state index contributed by atoms with van der Waals surface area (Å²) in [4.78, 5) is 14.9. The molecule has 0 fully saturated rings. The van der Waals surface area contributed by atoms with E-state index in [1.165, 1.54) is 5.56 Å². The summed E-state index contributed by atoms with van der Waals surface area (Å²) in [5.41, 5.74) is 14.9. The lowest BCUT2D eigenvalue weighted by atomic mass is 9.92. The Labute approximate surface area is 319 Å². The Kier molecular flexibility index (Phi) is 8.12. The van der Waals surface area contributed by atoms with E-state index in [1.807, 2.05) is 54.7 Å². The first-order valence-electron chi connectivity index (χ1n) is 18.4. The molecule has 0 aliphatic rings. The van der Waals surface area contributed by atoms with Crippen LogP contribution in [-0.4, -0.2) is 15.0 Å². The highest BCUT2D eigenvalue weighted by Gasteiger charge is 2.17. The molecule has 10 aromatic rings. The number of fused-ring (bicyclic) bond motifs is 3. The van der Waals surface area contributed by atoms with E-state index in [1.54, 1.807) is 0 Å². The van der Waals surface area contributed by atoms with E-state index in [0.717, 1.165) is 89.1 Å². The molecule has 0 amide bonds. The molecule has 4 nitrogen and oxygen atoms in total. The van der Waals surface area contributed by atoms with Crippen LogP contribution in [-0.2, 0) is 0 Å². The van der Waals surface area contributed by atoms with Crippen molar-refractivity contribution < 1.29 is 4.42 Å². The van der Waals surface area contributed by atoms with Crippen molar-refractivity contribution >= 4 is 21.9 Å². The van der Waals surface area contributed by atoms with Crippen LogP contribution in [0.15, 0.2) is 205 Å². The van der Waals surface area contributed by atoms with E-state index in [4.69, 9.17) is 14.4 Å². The molecule has 10 rings (SSSR count). The Morgan fingerprint density at radius 3 is 1.65 bits per heavy atom. The molecule has 3 heterocycles. The van der Waals surface area contributed by atoms with Crippen LogP contribution in [0.25, 0.3) is 100 Å². The van der Waals surface area contributed by atoms with Crippen LogP contribution in [0.1, 0.15) is 0 Å². The average Bonchev–Trinajstić information content (AvgIpc) is 3.66. The lowest BCUT2D eigenvalue weighted by Gasteiger charge is -2.14. The minimum Gasteiger partial charge on any atom is -0.455 e. The molecule has 0 saturated carbocycles. The maximum Gasteiger partial charge on any atom is 0.160 e. The van der Waals surface area contributed by atoms with Crippen molar-refractivity contribution in [1.82, 2.24) is 15.0 Å². The molecule has 3 aromatic heterocycles. The zero-order valence-corrected chi connectivity index (χ0v) is 29.8. The second-order valence-corrected chi connectivity index (χ2v) is 13.6. The first kappa shape index (κ1) is 32.2. The van der Waals surface area contributed by atoms with Crippen molar-refractivity contribution in [3.63, 3.8) is 0 Å². The number of rotatable bonds is 7. The van der Waals surface area contributed by atoms with Gasteiger partial charge < -0.3 is 4.42 Å². The molecule has 258 valence electrons. The van der Waals surface area contributed by atoms with Crippen molar-refractivity contribution in [3.8, 4) is 78.5 Å². The van der Waals surface area contributed by atoms with Gasteiger partial charge in [0.05, 0.1) is 17.1 Å². The fraction of sp³-hybridized carbons (Fsp3) is 0. The molecule has 0 unspecified atom stereocenters. The monoisotopic (exact) mass is 703 g/mol. The Balaban J connectivity index is 1.18. The Hall–Kier alpha value is -7.43. The van der Waals surface area contributed by atoms with Crippen molar-refractivity contribution in [1.29, 1.82) is 0 Å². The van der Waals surface area contributed by atoms with Gasteiger partial charge in [-0.15, -0.1) is 0 Å². The summed E-state index contributed by atoms with van der Waals surface area (Å²) in [7, 11) is 0. The lowest BCUT2D eigenvalue weighted by Crippen LogP contribution is -1.97. The van der Waals surface area contributed by atoms with E-state index in [2.05, 4.69) is 151 Å². The lowest BCUT2D eigenvalue weighted by molar-refractivity contribution is 0.670. The van der Waals surface area contributed by atoms with Gasteiger partial charge in [0.1, 0.15) is 11.2 Å². The van der Waals surface area contributed by atoms with Gasteiger partial charge in [-0.3, -0.25) is 4.98 Å². The number of para-hydroxylation sites is 2. The maximum absolute atomic E-state index is 6.57. The minimum atomic E-state index is 0.666. The topological polar surface area (TPSA) is 51.8 Å². The second-order valence-electron chi connectivity index (χ2n) is 13.6. The van der Waals surface area contributed by atoms with Gasteiger partial charge >= 0.3 is 0 Å². The summed E-state index contributed by atoms with van der Waals surface area (Å²) in [6.07, 6.45) is 1.82.